The van der Waals surface area contributed by atoms with Gasteiger partial charge in [-0.15, -0.1) is 0 Å². The Morgan fingerprint density at radius 1 is 1.56 bits per heavy atom. The van der Waals surface area contributed by atoms with E-state index in [4.69, 9.17) is 15.3 Å². The number of hydrogen-bond acceptors (Lipinski definition) is 5. The number of rotatable bonds is 4. The summed E-state index contributed by atoms with van der Waals surface area (Å²) in [5.41, 5.74) is 6.57. The van der Waals surface area contributed by atoms with Crippen LogP contribution in [0.1, 0.15) is 10.4 Å². The van der Waals surface area contributed by atoms with Gasteiger partial charge < -0.3 is 20.6 Å². The van der Waals surface area contributed by atoms with Crippen molar-refractivity contribution < 1.29 is 14.3 Å². The van der Waals surface area contributed by atoms with Crippen LogP contribution in [0.3, 0.4) is 0 Å². The molecule has 0 saturated heterocycles. The first-order valence-electron chi connectivity index (χ1n) is 4.78. The van der Waals surface area contributed by atoms with Gasteiger partial charge in [-0.3, -0.25) is 0 Å². The van der Waals surface area contributed by atoms with Crippen LogP contribution in [0, 0.1) is 0 Å². The summed E-state index contributed by atoms with van der Waals surface area (Å²) in [5.74, 6) is -0.985. The molecule has 0 unspecified atom stereocenters. The quantitative estimate of drug-likeness (QED) is 0.708. The van der Waals surface area contributed by atoms with Gasteiger partial charge in [-0.25, -0.2) is 4.79 Å². The molecule has 0 amide bonds. The van der Waals surface area contributed by atoms with Crippen LogP contribution in [0.2, 0.25) is 0 Å². The van der Waals surface area contributed by atoms with Crippen LogP contribution >= 0.6 is 0 Å². The number of aromatic nitrogens is 1. The Kier molecular flexibility index (Phi) is 2.74. The minimum absolute atomic E-state index is 0.186. The van der Waals surface area contributed by atoms with E-state index in [1.54, 1.807) is 6.07 Å². The highest BCUT2D eigenvalue weighted by molar-refractivity contribution is 5.92. The zero-order valence-electron chi connectivity index (χ0n) is 8.43. The molecule has 0 spiro atoms. The molecule has 0 aliphatic rings. The van der Waals surface area contributed by atoms with Crippen LogP contribution in [0.4, 0.5) is 6.01 Å². The molecule has 1 heterocycles. The van der Waals surface area contributed by atoms with Gasteiger partial charge >= 0.3 is 5.97 Å². The minimum Gasteiger partial charge on any atom is -0.478 e. The average Bonchev–Trinajstić information content (AvgIpc) is 2.67. The maximum Gasteiger partial charge on any atom is 0.335 e. The summed E-state index contributed by atoms with van der Waals surface area (Å²) in [6.45, 7) is 1.03. The summed E-state index contributed by atoms with van der Waals surface area (Å²) in [6.07, 6.45) is 0. The van der Waals surface area contributed by atoms with Crippen molar-refractivity contribution in [3.05, 3.63) is 23.8 Å². The van der Waals surface area contributed by atoms with Crippen LogP contribution in [-0.2, 0) is 0 Å². The minimum atomic E-state index is -0.985. The molecule has 4 N–H and O–H groups in total. The van der Waals surface area contributed by atoms with Crippen LogP contribution in [-0.4, -0.2) is 29.1 Å². The lowest BCUT2D eigenvalue weighted by atomic mass is 10.2. The van der Waals surface area contributed by atoms with Crippen molar-refractivity contribution in [2.24, 2.45) is 5.73 Å². The molecular formula is C10H11N3O3. The van der Waals surface area contributed by atoms with E-state index in [1.807, 2.05) is 0 Å². The molecule has 84 valence electrons. The van der Waals surface area contributed by atoms with Crippen molar-refractivity contribution >= 4 is 23.1 Å². The molecule has 2 rings (SSSR count). The number of anilines is 1. The molecule has 16 heavy (non-hydrogen) atoms. The number of aromatic carboxylic acids is 1. The highest BCUT2D eigenvalue weighted by atomic mass is 16.4. The Morgan fingerprint density at radius 3 is 3.06 bits per heavy atom. The molecule has 6 nitrogen and oxygen atoms in total. The molecule has 6 heteroatoms. The molecule has 1 aromatic carbocycles. The van der Waals surface area contributed by atoms with Crippen LogP contribution in [0.25, 0.3) is 11.1 Å². The Balaban J connectivity index is 2.34. The molecule has 1 aromatic heterocycles. The van der Waals surface area contributed by atoms with E-state index < -0.39 is 5.97 Å². The Hall–Kier alpha value is -2.08. The third-order valence-corrected chi connectivity index (χ3v) is 2.06. The van der Waals surface area contributed by atoms with E-state index >= 15 is 0 Å². The largest absolute Gasteiger partial charge is 0.478 e. The van der Waals surface area contributed by atoms with Gasteiger partial charge in [0.05, 0.1) is 5.56 Å². The van der Waals surface area contributed by atoms with Gasteiger partial charge in [0.2, 0.25) is 0 Å². The number of hydrogen-bond donors (Lipinski definition) is 3. The second-order valence-electron chi connectivity index (χ2n) is 3.22. The average molecular weight is 221 g/mol. The van der Waals surface area contributed by atoms with Gasteiger partial charge in [0, 0.05) is 13.1 Å². The van der Waals surface area contributed by atoms with Gasteiger partial charge in [-0.1, -0.05) is 0 Å². The molecule has 0 bridgehead atoms. The third kappa shape index (κ3) is 1.96. The smallest absolute Gasteiger partial charge is 0.335 e. The summed E-state index contributed by atoms with van der Waals surface area (Å²) < 4.78 is 5.33. The molecule has 0 aliphatic carbocycles. The van der Waals surface area contributed by atoms with E-state index in [9.17, 15) is 4.79 Å². The first kappa shape index (κ1) is 10.4. The molecule has 0 fully saturated rings. The normalized spacial score (nSPS) is 10.6. The van der Waals surface area contributed by atoms with E-state index in [0.29, 0.717) is 30.2 Å². The molecule has 2 aromatic rings. The predicted molar refractivity (Wildman–Crippen MR) is 58.5 cm³/mol. The summed E-state index contributed by atoms with van der Waals surface area (Å²) >= 11 is 0. The predicted octanol–water partition coefficient (Wildman–Crippen LogP) is 0.897. The Labute approximate surface area is 91.1 Å². The SMILES string of the molecule is NCCNc1nc2cc(C(=O)O)ccc2o1. The first-order valence-corrected chi connectivity index (χ1v) is 4.78. The standard InChI is InChI=1S/C10H11N3O3/c11-3-4-12-10-13-7-5-6(9(14)15)1-2-8(7)16-10/h1-2,5H,3-4,11H2,(H,12,13)(H,14,15). The van der Waals surface area contributed by atoms with Crippen molar-refractivity contribution in [3.63, 3.8) is 0 Å². The zero-order valence-corrected chi connectivity index (χ0v) is 8.43. The molecule has 0 aliphatic heterocycles. The summed E-state index contributed by atoms with van der Waals surface area (Å²) in [6, 6.07) is 4.87. The topological polar surface area (TPSA) is 101 Å². The lowest BCUT2D eigenvalue weighted by Gasteiger charge is -1.95. The molecule has 0 radical (unpaired) electrons. The van der Waals surface area contributed by atoms with E-state index in [2.05, 4.69) is 10.3 Å². The lowest BCUT2D eigenvalue weighted by Crippen LogP contribution is -2.13. The second kappa shape index (κ2) is 4.19. The van der Waals surface area contributed by atoms with Crippen molar-refractivity contribution in [3.8, 4) is 0 Å². The zero-order chi connectivity index (χ0) is 11.5. The monoisotopic (exact) mass is 221 g/mol. The fourth-order valence-corrected chi connectivity index (χ4v) is 1.32. The number of carboxylic acids is 1. The van der Waals surface area contributed by atoms with Crippen LogP contribution in [0.15, 0.2) is 22.6 Å². The number of nitrogens with one attached hydrogen (secondary N) is 1. The molecular weight excluding hydrogens is 210 g/mol. The van der Waals surface area contributed by atoms with Gasteiger partial charge in [-0.2, -0.15) is 4.98 Å². The third-order valence-electron chi connectivity index (χ3n) is 2.06. The number of carboxylic acid groups (broad SMARTS) is 1. The number of nitrogens with zero attached hydrogens (tertiary/aromatic N) is 1. The Bertz CT molecular complexity index is 521. The lowest BCUT2D eigenvalue weighted by molar-refractivity contribution is 0.0697. The molecule has 0 saturated carbocycles. The number of oxazole rings is 1. The maximum absolute atomic E-state index is 10.7. The van der Waals surface area contributed by atoms with Gasteiger partial charge in [0.25, 0.3) is 6.01 Å². The van der Waals surface area contributed by atoms with E-state index in [0.717, 1.165) is 0 Å². The number of benzene rings is 1. The fourth-order valence-electron chi connectivity index (χ4n) is 1.32. The van der Waals surface area contributed by atoms with E-state index in [-0.39, 0.29) is 5.56 Å². The number of fused-ring (bicyclic) bond motifs is 1. The second-order valence-corrected chi connectivity index (χ2v) is 3.22. The van der Waals surface area contributed by atoms with E-state index in [1.165, 1.54) is 12.1 Å². The number of carbonyl (C=O) groups is 1. The molecule has 0 atom stereocenters. The highest BCUT2D eigenvalue weighted by Gasteiger charge is 2.08. The fraction of sp³-hybridized carbons (Fsp3) is 0.200. The van der Waals surface area contributed by atoms with Gasteiger partial charge in [0.1, 0.15) is 5.52 Å². The van der Waals surface area contributed by atoms with Crippen molar-refractivity contribution in [1.29, 1.82) is 0 Å². The van der Waals surface area contributed by atoms with Crippen molar-refractivity contribution in [1.82, 2.24) is 4.98 Å². The Morgan fingerprint density at radius 2 is 2.38 bits per heavy atom. The van der Waals surface area contributed by atoms with Gasteiger partial charge in [-0.05, 0) is 18.2 Å². The number of nitrogens with two attached hydrogens (primary N) is 1. The van der Waals surface area contributed by atoms with Gasteiger partial charge in [0.15, 0.2) is 5.58 Å². The maximum atomic E-state index is 10.7. The van der Waals surface area contributed by atoms with Crippen LogP contribution < -0.4 is 11.1 Å². The summed E-state index contributed by atoms with van der Waals surface area (Å²) in [4.78, 5) is 14.8. The summed E-state index contributed by atoms with van der Waals surface area (Å²) in [7, 11) is 0. The first-order chi connectivity index (χ1) is 7.70. The van der Waals surface area contributed by atoms with Crippen LogP contribution in [0.5, 0.6) is 0 Å². The highest BCUT2D eigenvalue weighted by Crippen LogP contribution is 2.19. The van der Waals surface area contributed by atoms with Crippen molar-refractivity contribution in [2.75, 3.05) is 18.4 Å². The summed E-state index contributed by atoms with van der Waals surface area (Å²) in [5, 5.41) is 11.7. The van der Waals surface area contributed by atoms with Crippen molar-refractivity contribution in [2.45, 2.75) is 0 Å².